The first-order valence-corrected chi connectivity index (χ1v) is 6.70. The summed E-state index contributed by atoms with van der Waals surface area (Å²) in [4.78, 5) is 2.14. The van der Waals surface area contributed by atoms with Crippen LogP contribution in [0.4, 0.5) is 0 Å². The lowest BCUT2D eigenvalue weighted by atomic mass is 10.3. The molecule has 1 rings (SSSR count). The molecule has 0 amide bonds. The van der Waals surface area contributed by atoms with Gasteiger partial charge in [0.05, 0.1) is 5.02 Å². The normalized spacial score (nSPS) is 10.9. The van der Waals surface area contributed by atoms with Crippen molar-refractivity contribution >= 4 is 27.5 Å². The van der Waals surface area contributed by atoms with Crippen molar-refractivity contribution in [2.75, 3.05) is 40.3 Å². The van der Waals surface area contributed by atoms with Crippen molar-refractivity contribution in [3.8, 4) is 5.75 Å². The van der Waals surface area contributed by atoms with Crippen LogP contribution in [-0.4, -0.2) is 45.2 Å². The molecule has 0 aliphatic rings. The number of benzene rings is 1. The number of ether oxygens (including phenoxy) is 1. The maximum atomic E-state index is 6.00. The van der Waals surface area contributed by atoms with Gasteiger partial charge in [0, 0.05) is 24.1 Å². The van der Waals surface area contributed by atoms with Crippen LogP contribution in [0.2, 0.25) is 5.02 Å². The monoisotopic (exact) mass is 320 g/mol. The fraction of sp³-hybridized carbons (Fsp3) is 0.500. The molecule has 0 saturated heterocycles. The molecule has 0 aliphatic heterocycles. The summed E-state index contributed by atoms with van der Waals surface area (Å²) in [5, 5.41) is 3.94. The lowest BCUT2D eigenvalue weighted by Crippen LogP contribution is -2.29. The third-order valence-corrected chi connectivity index (χ3v) is 2.97. The number of likely N-dealkylation sites (N-methyl/N-ethyl adjacent to an activating group) is 1. The Morgan fingerprint density at radius 2 is 2.12 bits per heavy atom. The Hall–Kier alpha value is -0.290. The third-order valence-electron chi connectivity index (χ3n) is 2.17. The van der Waals surface area contributed by atoms with E-state index in [1.54, 1.807) is 0 Å². The van der Waals surface area contributed by atoms with Gasteiger partial charge in [-0.15, -0.1) is 0 Å². The molecule has 1 aromatic rings. The lowest BCUT2D eigenvalue weighted by molar-refractivity contribution is 0.308. The molecule has 0 bridgehead atoms. The topological polar surface area (TPSA) is 24.5 Å². The maximum Gasteiger partial charge on any atom is 0.139 e. The van der Waals surface area contributed by atoms with Gasteiger partial charge in [-0.2, -0.15) is 0 Å². The number of halogens is 2. The second-order valence-corrected chi connectivity index (χ2v) is 5.30. The average molecular weight is 322 g/mol. The Bertz CT molecular complexity index is 347. The summed E-state index contributed by atoms with van der Waals surface area (Å²) in [6, 6.07) is 5.59. The van der Waals surface area contributed by atoms with Crippen molar-refractivity contribution in [1.29, 1.82) is 0 Å². The first-order chi connectivity index (χ1) is 8.09. The number of nitrogens with one attached hydrogen (secondary N) is 1. The van der Waals surface area contributed by atoms with Crippen molar-refractivity contribution in [3.63, 3.8) is 0 Å². The van der Waals surface area contributed by atoms with E-state index in [0.717, 1.165) is 29.9 Å². The highest BCUT2D eigenvalue weighted by molar-refractivity contribution is 9.10. The zero-order valence-corrected chi connectivity index (χ0v) is 12.5. The minimum absolute atomic E-state index is 0.615. The van der Waals surface area contributed by atoms with E-state index in [2.05, 4.69) is 40.2 Å². The van der Waals surface area contributed by atoms with E-state index >= 15 is 0 Å². The van der Waals surface area contributed by atoms with Crippen molar-refractivity contribution in [2.45, 2.75) is 0 Å². The molecule has 0 spiro atoms. The van der Waals surface area contributed by atoms with Crippen LogP contribution in [0.5, 0.6) is 5.75 Å². The predicted molar refractivity (Wildman–Crippen MR) is 76.1 cm³/mol. The molecule has 17 heavy (non-hydrogen) atoms. The molecule has 5 heteroatoms. The van der Waals surface area contributed by atoms with E-state index in [4.69, 9.17) is 16.3 Å². The summed E-state index contributed by atoms with van der Waals surface area (Å²) in [5.74, 6) is 0.718. The van der Waals surface area contributed by atoms with Gasteiger partial charge in [-0.1, -0.05) is 27.5 Å². The van der Waals surface area contributed by atoms with Crippen LogP contribution in [-0.2, 0) is 0 Å². The Morgan fingerprint density at radius 3 is 2.82 bits per heavy atom. The fourth-order valence-electron chi connectivity index (χ4n) is 1.25. The molecule has 3 nitrogen and oxygen atoms in total. The molecule has 1 N–H and O–H groups in total. The van der Waals surface area contributed by atoms with E-state index in [-0.39, 0.29) is 0 Å². The maximum absolute atomic E-state index is 6.00. The van der Waals surface area contributed by atoms with Crippen LogP contribution >= 0.6 is 27.5 Å². The van der Waals surface area contributed by atoms with Gasteiger partial charge >= 0.3 is 0 Å². The largest absolute Gasteiger partial charge is 0.491 e. The van der Waals surface area contributed by atoms with Gasteiger partial charge in [0.1, 0.15) is 12.4 Å². The van der Waals surface area contributed by atoms with Crippen LogP contribution in [0.1, 0.15) is 0 Å². The van der Waals surface area contributed by atoms with Crippen LogP contribution in [0.25, 0.3) is 0 Å². The van der Waals surface area contributed by atoms with E-state index in [1.165, 1.54) is 0 Å². The van der Waals surface area contributed by atoms with E-state index in [9.17, 15) is 0 Å². The van der Waals surface area contributed by atoms with Gasteiger partial charge in [0.15, 0.2) is 0 Å². The molecule has 0 aliphatic carbocycles. The Balaban J connectivity index is 2.20. The second kappa shape index (κ2) is 7.93. The van der Waals surface area contributed by atoms with Crippen molar-refractivity contribution in [2.24, 2.45) is 0 Å². The van der Waals surface area contributed by atoms with Gasteiger partial charge in [0.2, 0.25) is 0 Å². The highest BCUT2D eigenvalue weighted by Gasteiger charge is 2.01. The molecule has 0 unspecified atom stereocenters. The van der Waals surface area contributed by atoms with E-state index < -0.39 is 0 Å². The molecule has 0 radical (unpaired) electrons. The number of rotatable bonds is 7. The summed E-state index contributed by atoms with van der Waals surface area (Å²) >= 11 is 9.39. The molecule has 0 aromatic heterocycles. The molecular formula is C12H18BrClN2O. The van der Waals surface area contributed by atoms with Crippen molar-refractivity contribution < 1.29 is 4.74 Å². The molecule has 0 fully saturated rings. The Kier molecular flexibility index (Phi) is 6.89. The highest BCUT2D eigenvalue weighted by Crippen LogP contribution is 2.27. The Morgan fingerprint density at radius 1 is 1.35 bits per heavy atom. The van der Waals surface area contributed by atoms with Gasteiger partial charge in [-0.3, -0.25) is 0 Å². The van der Waals surface area contributed by atoms with Crippen LogP contribution in [0.3, 0.4) is 0 Å². The standard InChI is InChI=1S/C12H18BrClN2O/c1-16(2)7-5-15-6-8-17-12-9-10(13)3-4-11(12)14/h3-4,9,15H,5-8H2,1-2H3. The number of hydrogen-bond acceptors (Lipinski definition) is 3. The molecule has 0 atom stereocenters. The average Bonchev–Trinajstić information content (AvgIpc) is 2.27. The zero-order chi connectivity index (χ0) is 12.7. The number of nitrogens with zero attached hydrogens (tertiary/aromatic N) is 1. The summed E-state index contributed by atoms with van der Waals surface area (Å²) < 4.78 is 6.56. The molecule has 0 heterocycles. The van der Waals surface area contributed by atoms with Crippen molar-refractivity contribution in [1.82, 2.24) is 10.2 Å². The number of hydrogen-bond donors (Lipinski definition) is 1. The minimum Gasteiger partial charge on any atom is -0.491 e. The van der Waals surface area contributed by atoms with Crippen molar-refractivity contribution in [3.05, 3.63) is 27.7 Å². The smallest absolute Gasteiger partial charge is 0.139 e. The zero-order valence-electron chi connectivity index (χ0n) is 10.2. The quantitative estimate of drug-likeness (QED) is 0.781. The lowest BCUT2D eigenvalue weighted by Gasteiger charge is -2.11. The summed E-state index contributed by atoms with van der Waals surface area (Å²) in [6.45, 7) is 3.42. The summed E-state index contributed by atoms with van der Waals surface area (Å²) in [7, 11) is 4.11. The predicted octanol–water partition coefficient (Wildman–Crippen LogP) is 2.63. The first kappa shape index (κ1) is 14.8. The van der Waals surface area contributed by atoms with Gasteiger partial charge in [0.25, 0.3) is 0 Å². The first-order valence-electron chi connectivity index (χ1n) is 5.53. The van der Waals surface area contributed by atoms with Crippen LogP contribution < -0.4 is 10.1 Å². The fourth-order valence-corrected chi connectivity index (χ4v) is 1.76. The Labute approximate surface area is 116 Å². The summed E-state index contributed by atoms with van der Waals surface area (Å²) in [6.07, 6.45) is 0. The van der Waals surface area contributed by atoms with E-state index in [1.807, 2.05) is 18.2 Å². The van der Waals surface area contributed by atoms with E-state index in [0.29, 0.717) is 11.6 Å². The molecule has 0 saturated carbocycles. The molecular weight excluding hydrogens is 304 g/mol. The van der Waals surface area contributed by atoms with Crippen LogP contribution in [0.15, 0.2) is 22.7 Å². The summed E-state index contributed by atoms with van der Waals surface area (Å²) in [5.41, 5.74) is 0. The molecule has 96 valence electrons. The minimum atomic E-state index is 0.615. The van der Waals surface area contributed by atoms with Gasteiger partial charge in [-0.05, 0) is 32.3 Å². The third kappa shape index (κ3) is 6.27. The second-order valence-electron chi connectivity index (χ2n) is 3.98. The highest BCUT2D eigenvalue weighted by atomic mass is 79.9. The SMILES string of the molecule is CN(C)CCNCCOc1cc(Br)ccc1Cl. The van der Waals surface area contributed by atoms with Crippen LogP contribution in [0, 0.1) is 0 Å². The van der Waals surface area contributed by atoms with Gasteiger partial charge in [-0.25, -0.2) is 0 Å². The molecule has 1 aromatic carbocycles. The van der Waals surface area contributed by atoms with Gasteiger partial charge < -0.3 is 15.0 Å².